The third-order valence-corrected chi connectivity index (χ3v) is 3.78. The van der Waals surface area contributed by atoms with Crippen molar-refractivity contribution in [1.29, 1.82) is 0 Å². The van der Waals surface area contributed by atoms with Crippen molar-refractivity contribution in [2.75, 3.05) is 5.73 Å². The minimum absolute atomic E-state index is 0.0650. The molecule has 2 nitrogen and oxygen atoms in total. The second-order valence-corrected chi connectivity index (χ2v) is 4.76. The molecule has 1 aromatic heterocycles. The Bertz CT molecular complexity index is 548. The van der Waals surface area contributed by atoms with E-state index in [4.69, 9.17) is 17.3 Å². The number of anilines is 1. The highest BCUT2D eigenvalue weighted by molar-refractivity contribution is 7.12. The number of rotatable bonds is 2. The molecule has 1 aromatic carbocycles. The zero-order valence-electron chi connectivity index (χ0n) is 8.66. The molecule has 0 saturated heterocycles. The Morgan fingerprint density at radius 1 is 1.38 bits per heavy atom. The van der Waals surface area contributed by atoms with Crippen LogP contribution in [0.1, 0.15) is 20.8 Å². The minimum Gasteiger partial charge on any atom is -0.398 e. The average Bonchev–Trinajstić information content (AvgIpc) is 2.68. The van der Waals surface area contributed by atoms with E-state index >= 15 is 0 Å². The molecular weight excluding hydrogens is 242 g/mol. The summed E-state index contributed by atoms with van der Waals surface area (Å²) < 4.78 is 0. The molecule has 1 heterocycles. The van der Waals surface area contributed by atoms with Crippen LogP contribution in [-0.2, 0) is 0 Å². The predicted molar refractivity (Wildman–Crippen MR) is 68.4 cm³/mol. The highest BCUT2D eigenvalue weighted by Gasteiger charge is 2.16. The van der Waals surface area contributed by atoms with Crippen molar-refractivity contribution in [3.05, 3.63) is 50.7 Å². The minimum atomic E-state index is -0.0650. The molecule has 0 aliphatic heterocycles. The number of aryl methyl sites for hydroxylation is 1. The van der Waals surface area contributed by atoms with Gasteiger partial charge in [-0.3, -0.25) is 4.79 Å². The summed E-state index contributed by atoms with van der Waals surface area (Å²) in [4.78, 5) is 12.9. The quantitative estimate of drug-likeness (QED) is 0.656. The molecule has 0 saturated carbocycles. The van der Waals surface area contributed by atoms with Crippen LogP contribution in [0.3, 0.4) is 0 Å². The van der Waals surface area contributed by atoms with Gasteiger partial charge in [0.25, 0.3) is 0 Å². The smallest absolute Gasteiger partial charge is 0.204 e. The van der Waals surface area contributed by atoms with E-state index in [2.05, 4.69) is 0 Å². The fourth-order valence-electron chi connectivity index (χ4n) is 1.45. The SMILES string of the molecule is Cc1ccsc1C(=O)c1cccc(N)c1Cl. The summed E-state index contributed by atoms with van der Waals surface area (Å²) in [7, 11) is 0. The molecule has 82 valence electrons. The first kappa shape index (κ1) is 11.2. The van der Waals surface area contributed by atoms with Crippen molar-refractivity contribution in [2.45, 2.75) is 6.92 Å². The van der Waals surface area contributed by atoms with Crippen LogP contribution in [0.2, 0.25) is 5.02 Å². The highest BCUT2D eigenvalue weighted by atomic mass is 35.5. The van der Waals surface area contributed by atoms with Gasteiger partial charge in [-0.25, -0.2) is 0 Å². The third-order valence-electron chi connectivity index (χ3n) is 2.34. The molecule has 2 aromatic rings. The van der Waals surface area contributed by atoms with Gasteiger partial charge in [-0.05, 0) is 36.1 Å². The Morgan fingerprint density at radius 2 is 2.12 bits per heavy atom. The number of hydrogen-bond donors (Lipinski definition) is 1. The van der Waals surface area contributed by atoms with Crippen LogP contribution in [0.5, 0.6) is 0 Å². The molecule has 0 amide bonds. The second-order valence-electron chi connectivity index (χ2n) is 3.47. The Labute approximate surface area is 103 Å². The van der Waals surface area contributed by atoms with E-state index in [9.17, 15) is 4.79 Å². The van der Waals surface area contributed by atoms with Gasteiger partial charge in [0.2, 0.25) is 5.78 Å². The molecule has 16 heavy (non-hydrogen) atoms. The number of benzene rings is 1. The standard InChI is InChI=1S/C12H10ClNOS/c1-7-5-6-16-12(7)11(15)8-3-2-4-9(14)10(8)13/h2-6H,14H2,1H3. The third kappa shape index (κ3) is 1.84. The maximum Gasteiger partial charge on any atom is 0.204 e. The zero-order chi connectivity index (χ0) is 11.7. The van der Waals surface area contributed by atoms with Gasteiger partial charge in [-0.2, -0.15) is 0 Å². The van der Waals surface area contributed by atoms with Gasteiger partial charge < -0.3 is 5.73 Å². The van der Waals surface area contributed by atoms with E-state index in [-0.39, 0.29) is 5.78 Å². The normalized spacial score (nSPS) is 10.4. The van der Waals surface area contributed by atoms with Crippen LogP contribution in [0, 0.1) is 6.92 Å². The second kappa shape index (κ2) is 4.28. The first-order valence-electron chi connectivity index (χ1n) is 4.74. The molecule has 0 aliphatic carbocycles. The van der Waals surface area contributed by atoms with Gasteiger partial charge in [0.15, 0.2) is 0 Å². The van der Waals surface area contributed by atoms with Crippen LogP contribution >= 0.6 is 22.9 Å². The van der Waals surface area contributed by atoms with E-state index in [1.807, 2.05) is 18.4 Å². The van der Waals surface area contributed by atoms with Crippen LogP contribution < -0.4 is 5.73 Å². The van der Waals surface area contributed by atoms with Gasteiger partial charge in [-0.1, -0.05) is 17.7 Å². The first-order valence-corrected chi connectivity index (χ1v) is 6.00. The van der Waals surface area contributed by atoms with E-state index in [0.717, 1.165) is 5.56 Å². The fraction of sp³-hybridized carbons (Fsp3) is 0.0833. The number of thiophene rings is 1. The molecule has 0 spiro atoms. The van der Waals surface area contributed by atoms with Crippen LogP contribution in [0.25, 0.3) is 0 Å². The maximum absolute atomic E-state index is 12.2. The number of ketones is 1. The lowest BCUT2D eigenvalue weighted by atomic mass is 10.1. The molecule has 0 unspecified atom stereocenters. The van der Waals surface area contributed by atoms with Crippen molar-refractivity contribution in [2.24, 2.45) is 0 Å². The topological polar surface area (TPSA) is 43.1 Å². The summed E-state index contributed by atoms with van der Waals surface area (Å²) in [6.45, 7) is 1.91. The lowest BCUT2D eigenvalue weighted by molar-refractivity contribution is 0.104. The summed E-state index contributed by atoms with van der Waals surface area (Å²) in [6, 6.07) is 7.02. The van der Waals surface area contributed by atoms with E-state index in [0.29, 0.717) is 21.2 Å². The van der Waals surface area contributed by atoms with Gasteiger partial charge in [0, 0.05) is 5.56 Å². The van der Waals surface area contributed by atoms with Crippen molar-refractivity contribution in [3.63, 3.8) is 0 Å². The van der Waals surface area contributed by atoms with Gasteiger partial charge in [0.1, 0.15) is 0 Å². The first-order chi connectivity index (χ1) is 7.61. The van der Waals surface area contributed by atoms with E-state index < -0.39 is 0 Å². The summed E-state index contributed by atoms with van der Waals surface area (Å²) >= 11 is 7.43. The van der Waals surface area contributed by atoms with Crippen molar-refractivity contribution >= 4 is 34.4 Å². The number of nitrogens with two attached hydrogens (primary N) is 1. The van der Waals surface area contributed by atoms with Gasteiger partial charge in [0.05, 0.1) is 15.6 Å². The number of hydrogen-bond acceptors (Lipinski definition) is 3. The average molecular weight is 252 g/mol. The van der Waals surface area contributed by atoms with E-state index in [1.54, 1.807) is 18.2 Å². The molecular formula is C12H10ClNOS. The molecule has 2 rings (SSSR count). The Hall–Kier alpha value is -1.32. The summed E-state index contributed by atoms with van der Waals surface area (Å²) in [5.41, 5.74) is 7.53. The number of carbonyl (C=O) groups excluding carboxylic acids is 1. The largest absolute Gasteiger partial charge is 0.398 e. The Balaban J connectivity index is 2.50. The van der Waals surface area contributed by atoms with Gasteiger partial charge >= 0.3 is 0 Å². The summed E-state index contributed by atoms with van der Waals surface area (Å²) in [6.07, 6.45) is 0. The maximum atomic E-state index is 12.2. The number of carbonyl (C=O) groups is 1. The highest BCUT2D eigenvalue weighted by Crippen LogP contribution is 2.28. The number of halogens is 1. The van der Waals surface area contributed by atoms with Crippen LogP contribution in [-0.4, -0.2) is 5.78 Å². The summed E-state index contributed by atoms with van der Waals surface area (Å²) in [5.74, 6) is -0.0650. The molecule has 2 N–H and O–H groups in total. The van der Waals surface area contributed by atoms with Crippen molar-refractivity contribution in [3.8, 4) is 0 Å². The zero-order valence-corrected chi connectivity index (χ0v) is 10.2. The van der Waals surface area contributed by atoms with Crippen LogP contribution in [0.15, 0.2) is 29.6 Å². The molecule has 0 bridgehead atoms. The lowest BCUT2D eigenvalue weighted by Gasteiger charge is -2.04. The summed E-state index contributed by atoms with van der Waals surface area (Å²) in [5, 5.41) is 2.23. The number of nitrogen functional groups attached to an aromatic ring is 1. The van der Waals surface area contributed by atoms with Crippen molar-refractivity contribution < 1.29 is 4.79 Å². The Kier molecular flexibility index (Phi) is 2.99. The predicted octanol–water partition coefficient (Wildman–Crippen LogP) is 3.52. The fourth-order valence-corrected chi connectivity index (χ4v) is 2.54. The molecule has 0 aliphatic rings. The Morgan fingerprint density at radius 3 is 2.75 bits per heavy atom. The van der Waals surface area contributed by atoms with Crippen molar-refractivity contribution in [1.82, 2.24) is 0 Å². The molecule has 0 radical (unpaired) electrons. The molecule has 4 heteroatoms. The monoisotopic (exact) mass is 251 g/mol. The van der Waals surface area contributed by atoms with Crippen LogP contribution in [0.4, 0.5) is 5.69 Å². The molecule has 0 fully saturated rings. The van der Waals surface area contributed by atoms with E-state index in [1.165, 1.54) is 11.3 Å². The van der Waals surface area contributed by atoms with Gasteiger partial charge in [-0.15, -0.1) is 11.3 Å². The molecule has 0 atom stereocenters. The lowest BCUT2D eigenvalue weighted by Crippen LogP contribution is -2.02.